The molecule has 2 aliphatic rings. The molecule has 2 fully saturated rings. The largest absolute Gasteiger partial charge is 0.377 e. The van der Waals surface area contributed by atoms with Crippen molar-refractivity contribution in [3.8, 4) is 0 Å². The molecule has 1 saturated carbocycles. The van der Waals surface area contributed by atoms with Gasteiger partial charge >= 0.3 is 0 Å². The van der Waals surface area contributed by atoms with Crippen LogP contribution in [0.5, 0.6) is 0 Å². The summed E-state index contributed by atoms with van der Waals surface area (Å²) in [5, 5.41) is 0. The molecule has 0 bridgehead atoms. The summed E-state index contributed by atoms with van der Waals surface area (Å²) in [5.41, 5.74) is -0.104. The van der Waals surface area contributed by atoms with E-state index in [0.717, 1.165) is 32.5 Å². The minimum Gasteiger partial charge on any atom is -0.377 e. The van der Waals surface area contributed by atoms with Gasteiger partial charge in [-0.05, 0) is 32.7 Å². The maximum Gasteiger partial charge on any atom is 0.142 e. The maximum absolute atomic E-state index is 12.4. The number of Topliss-reactive ketones (excluding diaryl/α,β-unsaturated/α-hetero) is 1. The Hall–Kier alpha value is -0.410. The van der Waals surface area contributed by atoms with Crippen molar-refractivity contribution in [2.75, 3.05) is 26.7 Å². The summed E-state index contributed by atoms with van der Waals surface area (Å²) < 4.78 is 5.65. The minimum atomic E-state index is -0.104. The molecule has 104 valence electrons. The van der Waals surface area contributed by atoms with Crippen LogP contribution in [0.15, 0.2) is 0 Å². The van der Waals surface area contributed by atoms with E-state index < -0.39 is 0 Å². The van der Waals surface area contributed by atoms with Crippen molar-refractivity contribution in [3.63, 3.8) is 0 Å². The second-order valence-corrected chi connectivity index (χ2v) is 6.69. The van der Waals surface area contributed by atoms with Crippen LogP contribution in [0.1, 0.15) is 46.0 Å². The van der Waals surface area contributed by atoms with E-state index in [1.165, 1.54) is 19.3 Å². The van der Waals surface area contributed by atoms with Crippen LogP contribution in [-0.4, -0.2) is 43.5 Å². The molecule has 0 aromatic heterocycles. The van der Waals surface area contributed by atoms with Crippen molar-refractivity contribution in [1.29, 1.82) is 0 Å². The van der Waals surface area contributed by atoms with Gasteiger partial charge in [-0.1, -0.05) is 20.3 Å². The summed E-state index contributed by atoms with van der Waals surface area (Å²) in [5.74, 6) is 0.702. The van der Waals surface area contributed by atoms with E-state index >= 15 is 0 Å². The molecule has 18 heavy (non-hydrogen) atoms. The molecule has 3 nitrogen and oxygen atoms in total. The first-order valence-corrected chi connectivity index (χ1v) is 7.33. The van der Waals surface area contributed by atoms with E-state index in [1.54, 1.807) is 0 Å². The number of carbonyl (C=O) groups is 1. The van der Waals surface area contributed by atoms with Gasteiger partial charge in [0.05, 0.1) is 6.10 Å². The van der Waals surface area contributed by atoms with Crippen LogP contribution >= 0.6 is 0 Å². The molecule has 2 atom stereocenters. The first-order chi connectivity index (χ1) is 8.49. The Morgan fingerprint density at radius 1 is 1.28 bits per heavy atom. The van der Waals surface area contributed by atoms with E-state index in [2.05, 4.69) is 25.8 Å². The Kier molecular flexibility index (Phi) is 4.44. The lowest BCUT2D eigenvalue weighted by Gasteiger charge is -2.35. The number of ketones is 1. The molecule has 0 radical (unpaired) electrons. The quantitative estimate of drug-likeness (QED) is 0.771. The summed E-state index contributed by atoms with van der Waals surface area (Å²) >= 11 is 0. The van der Waals surface area contributed by atoms with Gasteiger partial charge in [-0.2, -0.15) is 0 Å². The first-order valence-electron chi connectivity index (χ1n) is 7.33. The normalized spacial score (nSPS) is 32.1. The zero-order valence-corrected chi connectivity index (χ0v) is 12.1. The zero-order chi connectivity index (χ0) is 13.2. The van der Waals surface area contributed by atoms with Crippen LogP contribution in [0.2, 0.25) is 0 Å². The smallest absolute Gasteiger partial charge is 0.142 e. The predicted octanol–water partition coefficient (Wildman–Crippen LogP) is 2.49. The van der Waals surface area contributed by atoms with Crippen LogP contribution in [0, 0.1) is 11.3 Å². The van der Waals surface area contributed by atoms with E-state index in [0.29, 0.717) is 11.9 Å². The Bertz CT molecular complexity index is 295. The Morgan fingerprint density at radius 3 is 2.72 bits per heavy atom. The van der Waals surface area contributed by atoms with Gasteiger partial charge in [-0.15, -0.1) is 0 Å². The van der Waals surface area contributed by atoms with Gasteiger partial charge in [0.15, 0.2) is 0 Å². The predicted molar refractivity (Wildman–Crippen MR) is 72.6 cm³/mol. The Morgan fingerprint density at radius 2 is 2.06 bits per heavy atom. The highest BCUT2D eigenvalue weighted by atomic mass is 16.5. The monoisotopic (exact) mass is 253 g/mol. The molecule has 0 aromatic rings. The van der Waals surface area contributed by atoms with E-state index in [4.69, 9.17) is 4.74 Å². The van der Waals surface area contributed by atoms with Crippen molar-refractivity contribution >= 4 is 5.78 Å². The molecule has 2 rings (SSSR count). The highest BCUT2D eigenvalue weighted by Crippen LogP contribution is 2.35. The Balaban J connectivity index is 1.82. The topological polar surface area (TPSA) is 29.5 Å². The molecule has 1 heterocycles. The molecule has 0 N–H and O–H groups in total. The second kappa shape index (κ2) is 5.70. The molecule has 1 aliphatic carbocycles. The van der Waals surface area contributed by atoms with E-state index in [1.807, 2.05) is 0 Å². The van der Waals surface area contributed by atoms with Crippen molar-refractivity contribution in [1.82, 2.24) is 4.90 Å². The summed E-state index contributed by atoms with van der Waals surface area (Å²) in [6.07, 6.45) is 6.07. The highest BCUT2D eigenvalue weighted by Gasteiger charge is 2.37. The lowest BCUT2D eigenvalue weighted by molar-refractivity contribution is -0.135. The molecule has 0 spiro atoms. The third kappa shape index (κ3) is 3.33. The maximum atomic E-state index is 12.4. The number of ether oxygens (including phenoxy) is 1. The number of hydrogen-bond donors (Lipinski definition) is 0. The van der Waals surface area contributed by atoms with Crippen LogP contribution in [0.4, 0.5) is 0 Å². The van der Waals surface area contributed by atoms with E-state index in [-0.39, 0.29) is 11.3 Å². The van der Waals surface area contributed by atoms with Gasteiger partial charge in [-0.25, -0.2) is 0 Å². The van der Waals surface area contributed by atoms with Gasteiger partial charge in [0.1, 0.15) is 5.78 Å². The highest BCUT2D eigenvalue weighted by molar-refractivity contribution is 5.87. The molecule has 0 amide bonds. The fourth-order valence-corrected chi connectivity index (χ4v) is 3.36. The summed E-state index contributed by atoms with van der Waals surface area (Å²) in [6.45, 7) is 6.99. The molecular formula is C15H27NO2. The van der Waals surface area contributed by atoms with Crippen LogP contribution in [0.25, 0.3) is 0 Å². The van der Waals surface area contributed by atoms with Gasteiger partial charge in [-0.3, -0.25) is 4.79 Å². The summed E-state index contributed by atoms with van der Waals surface area (Å²) in [6, 6.07) is 0. The van der Waals surface area contributed by atoms with Crippen LogP contribution in [0.3, 0.4) is 0 Å². The van der Waals surface area contributed by atoms with Crippen LogP contribution in [-0.2, 0) is 9.53 Å². The van der Waals surface area contributed by atoms with Crippen LogP contribution < -0.4 is 0 Å². The molecule has 1 saturated heterocycles. The van der Waals surface area contributed by atoms with Gasteiger partial charge in [0.25, 0.3) is 0 Å². The standard InChI is InChI=1S/C15H27NO2/c1-15(2)8-4-6-12(14(15)17)10-16(3)11-13-7-5-9-18-13/h12-13H,4-11H2,1-3H3. The average molecular weight is 253 g/mol. The SMILES string of the molecule is CN(CC1CCCO1)CC1CCCC(C)(C)C1=O. The molecular weight excluding hydrogens is 226 g/mol. The van der Waals surface area contributed by atoms with Crippen molar-refractivity contribution in [2.45, 2.75) is 52.1 Å². The molecule has 3 heteroatoms. The second-order valence-electron chi connectivity index (χ2n) is 6.69. The molecule has 0 aromatic carbocycles. The average Bonchev–Trinajstić information content (AvgIpc) is 2.77. The molecule has 2 unspecified atom stereocenters. The lowest BCUT2D eigenvalue weighted by Crippen LogP contribution is -2.42. The number of nitrogens with zero attached hydrogens (tertiary/aromatic N) is 1. The third-order valence-corrected chi connectivity index (χ3v) is 4.46. The van der Waals surface area contributed by atoms with Crippen molar-refractivity contribution in [3.05, 3.63) is 0 Å². The first kappa shape index (κ1) is 14.0. The third-order valence-electron chi connectivity index (χ3n) is 4.46. The number of likely N-dealkylation sites (N-methyl/N-ethyl adjacent to an activating group) is 1. The van der Waals surface area contributed by atoms with Crippen molar-refractivity contribution in [2.24, 2.45) is 11.3 Å². The van der Waals surface area contributed by atoms with Crippen molar-refractivity contribution < 1.29 is 9.53 Å². The fourth-order valence-electron chi connectivity index (χ4n) is 3.36. The zero-order valence-electron chi connectivity index (χ0n) is 12.1. The fraction of sp³-hybridized carbons (Fsp3) is 0.933. The van der Waals surface area contributed by atoms with Gasteiger partial charge in [0, 0.05) is 31.0 Å². The van der Waals surface area contributed by atoms with E-state index in [9.17, 15) is 4.79 Å². The minimum absolute atomic E-state index is 0.104. The van der Waals surface area contributed by atoms with Gasteiger partial charge < -0.3 is 9.64 Å². The number of hydrogen-bond acceptors (Lipinski definition) is 3. The lowest BCUT2D eigenvalue weighted by atomic mass is 9.71. The summed E-state index contributed by atoms with van der Waals surface area (Å²) in [7, 11) is 2.12. The number of carbonyl (C=O) groups excluding carboxylic acids is 1. The summed E-state index contributed by atoms with van der Waals surface area (Å²) in [4.78, 5) is 14.7. The molecule has 1 aliphatic heterocycles. The number of rotatable bonds is 4. The Labute approximate surface area is 111 Å². The van der Waals surface area contributed by atoms with Gasteiger partial charge in [0.2, 0.25) is 0 Å².